The van der Waals surface area contributed by atoms with Crippen LogP contribution in [-0.2, 0) is 4.74 Å². The molecule has 0 aliphatic heterocycles. The molecule has 3 rings (SSSR count). The summed E-state index contributed by atoms with van der Waals surface area (Å²) in [7, 11) is 0. The molecule has 0 spiro atoms. The van der Waals surface area contributed by atoms with Gasteiger partial charge in [-0.15, -0.1) is 0 Å². The molecule has 0 N–H and O–H groups in total. The third kappa shape index (κ3) is 1.53. The van der Waals surface area contributed by atoms with Gasteiger partial charge in [-0.05, 0) is 24.8 Å². The summed E-state index contributed by atoms with van der Waals surface area (Å²) in [5.74, 6) is -0.401. The Morgan fingerprint density at radius 3 is 3.17 bits per heavy atom. The number of imidazole rings is 1. The number of nitrogens with zero attached hydrogens (tertiary/aromatic N) is 3. The first kappa shape index (κ1) is 11.3. The van der Waals surface area contributed by atoms with Crippen molar-refractivity contribution in [2.24, 2.45) is 0 Å². The van der Waals surface area contributed by atoms with Crippen LogP contribution >= 0.6 is 15.9 Å². The van der Waals surface area contributed by atoms with Gasteiger partial charge in [-0.1, -0.05) is 6.07 Å². The van der Waals surface area contributed by atoms with Crippen LogP contribution < -0.4 is 9.61 Å². The van der Waals surface area contributed by atoms with Gasteiger partial charge in [0.1, 0.15) is 0 Å². The number of carbonyl (C=O) groups excluding carboxylic acids is 1. The summed E-state index contributed by atoms with van der Waals surface area (Å²) in [4.78, 5) is 11.6. The lowest BCUT2D eigenvalue weighted by molar-refractivity contribution is -0.554. The average Bonchev–Trinajstić information content (AvgIpc) is 2.91. The molecule has 0 aliphatic rings. The molecule has 18 heavy (non-hydrogen) atoms. The highest BCUT2D eigenvalue weighted by Gasteiger charge is 2.16. The van der Waals surface area contributed by atoms with Gasteiger partial charge in [-0.2, -0.15) is 4.40 Å². The number of pyridine rings is 1. The third-order valence-electron chi connectivity index (χ3n) is 2.67. The molecule has 6 heteroatoms. The van der Waals surface area contributed by atoms with E-state index < -0.39 is 5.97 Å². The van der Waals surface area contributed by atoms with Gasteiger partial charge in [0.05, 0.1) is 12.8 Å². The Morgan fingerprint density at radius 2 is 2.39 bits per heavy atom. The molecule has 0 unspecified atom stereocenters. The fourth-order valence-corrected chi connectivity index (χ4v) is 2.49. The topological polar surface area (TPSA) is 48.9 Å². The van der Waals surface area contributed by atoms with Gasteiger partial charge in [0.2, 0.25) is 4.60 Å². The zero-order valence-corrected chi connectivity index (χ0v) is 11.2. The number of hydrogen-bond donors (Lipinski definition) is 0. The van der Waals surface area contributed by atoms with Crippen molar-refractivity contribution >= 4 is 33.1 Å². The number of rotatable bonds is 2. The molecule has 0 bridgehead atoms. The minimum atomic E-state index is -0.401. The van der Waals surface area contributed by atoms with Crippen molar-refractivity contribution in [3.05, 3.63) is 40.8 Å². The van der Waals surface area contributed by atoms with E-state index in [1.54, 1.807) is 17.5 Å². The van der Waals surface area contributed by atoms with E-state index >= 15 is 0 Å². The van der Waals surface area contributed by atoms with E-state index in [0.29, 0.717) is 12.3 Å². The maximum absolute atomic E-state index is 11.6. The van der Waals surface area contributed by atoms with Crippen molar-refractivity contribution in [1.29, 1.82) is 0 Å². The summed E-state index contributed by atoms with van der Waals surface area (Å²) in [5, 5.41) is 4.27. The number of esters is 1. The quantitative estimate of drug-likeness (QED) is 0.533. The molecule has 0 aromatic carbocycles. The van der Waals surface area contributed by atoms with Crippen LogP contribution in [0.3, 0.4) is 0 Å². The second-order valence-corrected chi connectivity index (χ2v) is 4.52. The summed E-state index contributed by atoms with van der Waals surface area (Å²) in [6.45, 7) is 2.12. The summed E-state index contributed by atoms with van der Waals surface area (Å²) in [6, 6.07) is 7.51. The van der Waals surface area contributed by atoms with Gasteiger partial charge in [-0.25, -0.2) is 4.79 Å². The Balaban J connectivity index is 2.24. The molecule has 0 amide bonds. The molecule has 5 nitrogen and oxygen atoms in total. The minimum absolute atomic E-state index is 0.318. The number of hydrogen-bond acceptors (Lipinski definition) is 2. The summed E-state index contributed by atoms with van der Waals surface area (Å²) in [6.07, 6.45) is 1.93. The van der Waals surface area contributed by atoms with Crippen molar-refractivity contribution in [3.63, 3.8) is 0 Å². The van der Waals surface area contributed by atoms with Crippen molar-refractivity contribution in [2.45, 2.75) is 6.92 Å². The zero-order chi connectivity index (χ0) is 12.7. The van der Waals surface area contributed by atoms with Gasteiger partial charge in [0.15, 0.2) is 5.52 Å². The van der Waals surface area contributed by atoms with Gasteiger partial charge >= 0.3 is 5.97 Å². The van der Waals surface area contributed by atoms with E-state index in [9.17, 15) is 4.79 Å². The first-order valence-corrected chi connectivity index (χ1v) is 6.33. The highest BCUT2D eigenvalue weighted by atomic mass is 79.9. The molecule has 0 saturated heterocycles. The lowest BCUT2D eigenvalue weighted by Crippen LogP contribution is -2.25. The molecular weight excluding hydrogens is 298 g/mol. The highest BCUT2D eigenvalue weighted by Crippen LogP contribution is 2.19. The second-order valence-electron chi connectivity index (χ2n) is 3.77. The van der Waals surface area contributed by atoms with Crippen molar-refractivity contribution in [3.8, 4) is 0 Å². The van der Waals surface area contributed by atoms with Crippen LogP contribution in [0, 0.1) is 0 Å². The molecule has 0 radical (unpaired) electrons. The fraction of sp³-hybridized carbons (Fsp3) is 0.167. The largest absolute Gasteiger partial charge is 0.487 e. The van der Waals surface area contributed by atoms with Crippen LogP contribution in [0.25, 0.3) is 11.2 Å². The van der Waals surface area contributed by atoms with Crippen LogP contribution in [0.4, 0.5) is 0 Å². The van der Waals surface area contributed by atoms with Crippen LogP contribution in [-0.4, -0.2) is 17.0 Å². The first-order valence-electron chi connectivity index (χ1n) is 5.54. The predicted octanol–water partition coefficient (Wildman–Crippen LogP) is 1.57. The highest BCUT2D eigenvalue weighted by molar-refractivity contribution is 9.10. The van der Waals surface area contributed by atoms with Gasteiger partial charge in [-0.3, -0.25) is 4.52 Å². The monoisotopic (exact) mass is 307 g/mol. The molecule has 3 aromatic rings. The third-order valence-corrected chi connectivity index (χ3v) is 3.46. The van der Waals surface area contributed by atoms with E-state index in [1.165, 1.54) is 0 Å². The number of halogens is 1. The molecule has 0 atom stereocenters. The number of carbonyl (C=O) groups is 1. The fourth-order valence-electron chi connectivity index (χ4n) is 1.90. The lowest BCUT2D eigenvalue weighted by atomic mass is 10.4. The summed E-state index contributed by atoms with van der Waals surface area (Å²) in [5.41, 5.74) is 2.04. The summed E-state index contributed by atoms with van der Waals surface area (Å²) >= 11 is 3.50. The van der Waals surface area contributed by atoms with Crippen molar-refractivity contribution < 1.29 is 14.0 Å². The molecule has 0 aliphatic carbocycles. The molecule has 0 saturated carbocycles. The zero-order valence-electron chi connectivity index (χ0n) is 9.63. The average molecular weight is 308 g/mol. The molecule has 3 aromatic heterocycles. The van der Waals surface area contributed by atoms with E-state index in [-0.39, 0.29) is 0 Å². The standard InChI is InChI=1S/C12H10BrN3O2/c1-2-18-12(17)8-7-9-11(13)15-6-4-3-5-10(15)16(9)14-8/h3-7H,2H2,1H3. The smallest absolute Gasteiger partial charge is 0.318 e. The SMILES string of the molecule is CCOC(=O)c1cc2c(Br)n3ccccc3[n+]2[n-]1. The van der Waals surface area contributed by atoms with Crippen molar-refractivity contribution in [1.82, 2.24) is 9.50 Å². The van der Waals surface area contributed by atoms with Gasteiger partial charge < -0.3 is 9.84 Å². The molecule has 0 fully saturated rings. The Kier molecular flexibility index (Phi) is 2.59. The van der Waals surface area contributed by atoms with Crippen LogP contribution in [0.1, 0.15) is 17.4 Å². The van der Waals surface area contributed by atoms with E-state index in [4.69, 9.17) is 4.74 Å². The van der Waals surface area contributed by atoms with Gasteiger partial charge in [0, 0.05) is 22.0 Å². The predicted molar refractivity (Wildman–Crippen MR) is 67.5 cm³/mol. The van der Waals surface area contributed by atoms with Crippen LogP contribution in [0.5, 0.6) is 0 Å². The molecule has 92 valence electrons. The Bertz CT molecular complexity index is 744. The van der Waals surface area contributed by atoms with Gasteiger partial charge in [0.25, 0.3) is 5.65 Å². The van der Waals surface area contributed by atoms with Crippen molar-refractivity contribution in [2.75, 3.05) is 6.61 Å². The minimum Gasteiger partial charge on any atom is -0.487 e. The maximum atomic E-state index is 11.6. The maximum Gasteiger partial charge on any atom is 0.318 e. The first-order chi connectivity index (χ1) is 8.72. The molecule has 3 heterocycles. The van der Waals surface area contributed by atoms with E-state index in [1.807, 2.05) is 28.8 Å². The van der Waals surface area contributed by atoms with Crippen LogP contribution in [0.2, 0.25) is 0 Å². The second kappa shape index (κ2) is 4.13. The normalized spacial score (nSPS) is 11.2. The lowest BCUT2D eigenvalue weighted by Gasteiger charge is -2.02. The van der Waals surface area contributed by atoms with Crippen LogP contribution in [0.15, 0.2) is 35.1 Å². The number of fused-ring (bicyclic) bond motifs is 3. The van der Waals surface area contributed by atoms with E-state index in [0.717, 1.165) is 15.8 Å². The Hall–Kier alpha value is -1.82. The summed E-state index contributed by atoms with van der Waals surface area (Å²) < 4.78 is 9.48. The Labute approximate surface area is 111 Å². The Morgan fingerprint density at radius 1 is 1.56 bits per heavy atom. The molecular formula is C12H10BrN3O2. The number of aromatic nitrogens is 3. The number of ether oxygens (including phenoxy) is 1. The van der Waals surface area contributed by atoms with E-state index in [2.05, 4.69) is 21.0 Å².